The maximum atomic E-state index is 13.1. The normalized spacial score (nSPS) is 13.5. The molecule has 160 valence electrons. The van der Waals surface area contributed by atoms with Crippen LogP contribution in [0, 0.1) is 20.8 Å². The van der Waals surface area contributed by atoms with Gasteiger partial charge in [-0.1, -0.05) is 36.0 Å². The van der Waals surface area contributed by atoms with E-state index in [-0.39, 0.29) is 11.1 Å². The third-order valence-electron chi connectivity index (χ3n) is 5.22. The molecule has 1 aliphatic rings. The van der Waals surface area contributed by atoms with Gasteiger partial charge in [-0.25, -0.2) is 0 Å². The number of alkyl halides is 3. The maximum Gasteiger partial charge on any atom is 0.431 e. The smallest absolute Gasteiger partial charge is 0.341 e. The quantitative estimate of drug-likeness (QED) is 0.564. The molecule has 0 bridgehead atoms. The summed E-state index contributed by atoms with van der Waals surface area (Å²) >= 11 is 1.60. The molecule has 0 aliphatic carbocycles. The van der Waals surface area contributed by atoms with Gasteiger partial charge in [0.05, 0.1) is 6.04 Å². The minimum Gasteiger partial charge on any atom is -0.341 e. The van der Waals surface area contributed by atoms with Gasteiger partial charge in [0.25, 0.3) is 11.5 Å². The molecule has 0 unspecified atom stereocenters. The molecule has 1 aliphatic heterocycles. The Hall–Kier alpha value is -3.00. The zero-order chi connectivity index (χ0) is 22.5. The molecule has 31 heavy (non-hydrogen) atoms. The molecule has 0 saturated heterocycles. The number of hydrogen-bond acceptors (Lipinski definition) is 3. The molecule has 0 radical (unpaired) electrons. The Morgan fingerprint density at radius 2 is 1.52 bits per heavy atom. The van der Waals surface area contributed by atoms with E-state index in [0.717, 1.165) is 38.1 Å². The van der Waals surface area contributed by atoms with Crippen LogP contribution >= 0.6 is 11.8 Å². The van der Waals surface area contributed by atoms with Crippen LogP contribution in [0.3, 0.4) is 0 Å². The number of carbonyl (C=O) groups is 1. The summed E-state index contributed by atoms with van der Waals surface area (Å²) in [7, 11) is 0. The van der Waals surface area contributed by atoms with Gasteiger partial charge in [0, 0.05) is 9.79 Å². The summed E-state index contributed by atoms with van der Waals surface area (Å²) in [5, 5.41) is 2.86. The average molecular weight is 444 g/mol. The number of H-pyrrole nitrogens is 1. The van der Waals surface area contributed by atoms with Crippen LogP contribution in [0.5, 0.6) is 0 Å². The van der Waals surface area contributed by atoms with E-state index in [4.69, 9.17) is 0 Å². The monoisotopic (exact) mass is 444 g/mol. The van der Waals surface area contributed by atoms with Gasteiger partial charge in [-0.05, 0) is 66.8 Å². The minimum atomic E-state index is -4.70. The fourth-order valence-corrected chi connectivity index (χ4v) is 5.02. The Morgan fingerprint density at radius 3 is 2.03 bits per heavy atom. The van der Waals surface area contributed by atoms with Crippen molar-refractivity contribution in [3.63, 3.8) is 0 Å². The Kier molecular flexibility index (Phi) is 5.21. The van der Waals surface area contributed by atoms with Gasteiger partial charge < -0.3 is 10.3 Å². The Balaban J connectivity index is 1.76. The number of nitrogens with one attached hydrogen (secondary N) is 2. The first-order valence-electron chi connectivity index (χ1n) is 9.55. The van der Waals surface area contributed by atoms with E-state index >= 15 is 0 Å². The van der Waals surface area contributed by atoms with E-state index in [1.165, 1.54) is 6.92 Å². The third-order valence-corrected chi connectivity index (χ3v) is 6.37. The number of pyridine rings is 1. The Labute approximate surface area is 180 Å². The van der Waals surface area contributed by atoms with Crippen LogP contribution in [-0.2, 0) is 6.18 Å². The van der Waals surface area contributed by atoms with E-state index < -0.39 is 29.4 Å². The molecule has 0 spiro atoms. The van der Waals surface area contributed by atoms with Crippen molar-refractivity contribution in [2.45, 2.75) is 42.8 Å². The fourth-order valence-electron chi connectivity index (χ4n) is 3.68. The lowest BCUT2D eigenvalue weighted by Crippen LogP contribution is -2.35. The van der Waals surface area contributed by atoms with Gasteiger partial charge >= 0.3 is 6.18 Å². The first-order valence-corrected chi connectivity index (χ1v) is 10.4. The van der Waals surface area contributed by atoms with E-state index in [2.05, 4.69) is 5.32 Å². The number of aromatic nitrogens is 1. The number of hydrogen-bond donors (Lipinski definition) is 2. The first kappa shape index (κ1) is 21.2. The van der Waals surface area contributed by atoms with Crippen molar-refractivity contribution < 1.29 is 18.0 Å². The highest BCUT2D eigenvalue weighted by Gasteiger charge is 2.35. The molecule has 0 fully saturated rings. The van der Waals surface area contributed by atoms with Crippen LogP contribution in [-0.4, -0.2) is 10.9 Å². The standard InChI is InChI=1S/C23H19F3N2O2S/c1-11-4-6-14-17(8-11)31-18-9-12(2)5-7-15(18)19(14)27-21(29)16-10-13(3)20(23(24,25)26)28-22(16)30/h4-10,19H,1-3H3,(H,27,29)(H,28,30). The minimum absolute atomic E-state index is 0.219. The molecule has 2 aromatic carbocycles. The summed E-state index contributed by atoms with van der Waals surface area (Å²) in [4.78, 5) is 29.0. The lowest BCUT2D eigenvalue weighted by Gasteiger charge is -2.29. The van der Waals surface area contributed by atoms with Gasteiger partial charge in [0.15, 0.2) is 0 Å². The number of amides is 1. The average Bonchev–Trinajstić information content (AvgIpc) is 2.67. The molecule has 2 heterocycles. The zero-order valence-electron chi connectivity index (χ0n) is 17.0. The van der Waals surface area contributed by atoms with Crippen molar-refractivity contribution in [1.29, 1.82) is 0 Å². The summed E-state index contributed by atoms with van der Waals surface area (Å²) in [6.45, 7) is 5.17. The second-order valence-corrected chi connectivity index (χ2v) is 8.74. The molecule has 8 heteroatoms. The van der Waals surface area contributed by atoms with Crippen molar-refractivity contribution in [3.8, 4) is 0 Å². The van der Waals surface area contributed by atoms with Gasteiger partial charge in [-0.3, -0.25) is 9.59 Å². The SMILES string of the molecule is Cc1ccc2c(c1)Sc1cc(C)ccc1C2NC(=O)c1cc(C)c(C(F)(F)F)[nH]c1=O. The molecule has 0 saturated carbocycles. The van der Waals surface area contributed by atoms with Crippen molar-refractivity contribution in [1.82, 2.24) is 10.3 Å². The van der Waals surface area contributed by atoms with Gasteiger partial charge in [-0.15, -0.1) is 0 Å². The summed E-state index contributed by atoms with van der Waals surface area (Å²) < 4.78 is 39.2. The molecule has 0 atom stereocenters. The highest BCUT2D eigenvalue weighted by molar-refractivity contribution is 7.99. The number of rotatable bonds is 2. The van der Waals surface area contributed by atoms with Crippen molar-refractivity contribution >= 4 is 17.7 Å². The van der Waals surface area contributed by atoms with Crippen LogP contribution < -0.4 is 10.9 Å². The summed E-state index contributed by atoms with van der Waals surface area (Å²) in [6, 6.07) is 12.2. The lowest BCUT2D eigenvalue weighted by molar-refractivity contribution is -0.141. The number of fused-ring (bicyclic) bond motifs is 2. The van der Waals surface area contributed by atoms with Gasteiger partial charge in [0.2, 0.25) is 0 Å². The van der Waals surface area contributed by atoms with Crippen LogP contribution in [0.1, 0.15) is 49.9 Å². The van der Waals surface area contributed by atoms with E-state index in [1.54, 1.807) is 11.8 Å². The number of aryl methyl sites for hydroxylation is 3. The van der Waals surface area contributed by atoms with Crippen molar-refractivity contribution in [3.05, 3.63) is 91.9 Å². The highest BCUT2D eigenvalue weighted by atomic mass is 32.2. The first-order chi connectivity index (χ1) is 14.5. The van der Waals surface area contributed by atoms with E-state index in [0.29, 0.717) is 0 Å². The van der Waals surface area contributed by atoms with Gasteiger partial charge in [-0.2, -0.15) is 13.2 Å². The highest BCUT2D eigenvalue weighted by Crippen LogP contribution is 2.45. The second kappa shape index (κ2) is 7.60. The largest absolute Gasteiger partial charge is 0.431 e. The second-order valence-electron chi connectivity index (χ2n) is 7.66. The molecule has 1 aromatic heterocycles. The van der Waals surface area contributed by atoms with Crippen LogP contribution in [0.25, 0.3) is 0 Å². The zero-order valence-corrected chi connectivity index (χ0v) is 17.8. The van der Waals surface area contributed by atoms with Crippen LogP contribution in [0.2, 0.25) is 0 Å². The molecule has 4 nitrogen and oxygen atoms in total. The summed E-state index contributed by atoms with van der Waals surface area (Å²) in [6.07, 6.45) is -4.70. The van der Waals surface area contributed by atoms with Crippen molar-refractivity contribution in [2.75, 3.05) is 0 Å². The number of benzene rings is 2. The number of halogens is 3. The van der Waals surface area contributed by atoms with E-state index in [1.807, 2.05) is 55.2 Å². The van der Waals surface area contributed by atoms with Crippen LogP contribution in [0.15, 0.2) is 57.1 Å². The third kappa shape index (κ3) is 3.99. The topological polar surface area (TPSA) is 62.0 Å². The number of aromatic amines is 1. The lowest BCUT2D eigenvalue weighted by atomic mass is 9.95. The van der Waals surface area contributed by atoms with Crippen molar-refractivity contribution in [2.24, 2.45) is 0 Å². The van der Waals surface area contributed by atoms with Gasteiger partial charge in [0.1, 0.15) is 11.3 Å². The molecule has 2 N–H and O–H groups in total. The summed E-state index contributed by atoms with van der Waals surface area (Å²) in [5.74, 6) is -0.729. The molecule has 4 rings (SSSR count). The summed E-state index contributed by atoms with van der Waals surface area (Å²) in [5.41, 5.74) is 1.10. The predicted octanol–water partition coefficient (Wildman–Crippen LogP) is 5.30. The molecular formula is C23H19F3N2O2S. The van der Waals surface area contributed by atoms with E-state index in [9.17, 15) is 22.8 Å². The maximum absolute atomic E-state index is 13.1. The molecule has 3 aromatic rings. The number of carbonyl (C=O) groups excluding carboxylic acids is 1. The molecular weight excluding hydrogens is 425 g/mol. The fraction of sp³-hybridized carbons (Fsp3) is 0.217. The molecule has 1 amide bonds. The van der Waals surface area contributed by atoms with Crippen LogP contribution in [0.4, 0.5) is 13.2 Å². The Morgan fingerprint density at radius 1 is 0.968 bits per heavy atom. The predicted molar refractivity (Wildman–Crippen MR) is 113 cm³/mol. The Bertz CT molecular complexity index is 1210.